The minimum absolute atomic E-state index is 0.385. The molecule has 0 aromatic carbocycles. The van der Waals surface area contributed by atoms with E-state index in [2.05, 4.69) is 67.9 Å². The Bertz CT molecular complexity index is 187. The first-order chi connectivity index (χ1) is 6.37. The van der Waals surface area contributed by atoms with E-state index in [1.807, 2.05) is 0 Å². The zero-order valence-corrected chi connectivity index (χ0v) is 10.5. The van der Waals surface area contributed by atoms with Crippen molar-refractivity contribution < 1.29 is 0 Å². The Kier molecular flexibility index (Phi) is 3.69. The maximum absolute atomic E-state index is 2.38. The molecule has 4 nitrogen and oxygen atoms in total. The highest BCUT2D eigenvalue weighted by Gasteiger charge is 2.45. The van der Waals surface area contributed by atoms with E-state index in [0.29, 0.717) is 21.1 Å². The number of nitrogens with zero attached hydrogens (tertiary/aromatic N) is 4. The Balaban J connectivity index is 2.86. The summed E-state index contributed by atoms with van der Waals surface area (Å²) >= 11 is 0. The molecule has 7 heteroatoms. The van der Waals surface area contributed by atoms with E-state index in [1.54, 1.807) is 0 Å². The third kappa shape index (κ3) is 1.86. The highest BCUT2D eigenvalue weighted by atomic mass is 15.4. The van der Waals surface area contributed by atoms with Crippen molar-refractivity contribution in [2.24, 2.45) is 0 Å². The molecule has 0 bridgehead atoms. The minimum atomic E-state index is 0.385. The summed E-state index contributed by atoms with van der Waals surface area (Å²) in [5.41, 5.74) is 0. The van der Waals surface area contributed by atoms with Gasteiger partial charge in [-0.25, -0.2) is 0 Å². The van der Waals surface area contributed by atoms with Crippen LogP contribution in [0.1, 0.15) is 0 Å². The molecular formula is C7H21B3N4. The molecule has 0 atom stereocenters. The van der Waals surface area contributed by atoms with Crippen LogP contribution in [0.3, 0.4) is 0 Å². The minimum Gasteiger partial charge on any atom is -0.360 e. The molecule has 0 aromatic rings. The van der Waals surface area contributed by atoms with Gasteiger partial charge in [0.1, 0.15) is 0 Å². The third-order valence-electron chi connectivity index (χ3n) is 3.55. The quantitative estimate of drug-likeness (QED) is 0.525. The lowest BCUT2D eigenvalue weighted by molar-refractivity contribution is 0.452. The second-order valence-corrected chi connectivity index (χ2v) is 4.57. The molecule has 0 radical (unpaired) electrons. The van der Waals surface area contributed by atoms with Crippen LogP contribution in [0.15, 0.2) is 0 Å². The molecule has 0 saturated carbocycles. The fraction of sp³-hybridized carbons (Fsp3) is 1.00. The smallest absolute Gasteiger partial charge is 0.360 e. The van der Waals surface area contributed by atoms with Gasteiger partial charge in [0.05, 0.1) is 0 Å². The van der Waals surface area contributed by atoms with Crippen molar-refractivity contribution in [2.75, 3.05) is 35.2 Å². The molecule has 0 N–H and O–H groups in total. The molecule has 1 aliphatic heterocycles. The van der Waals surface area contributed by atoms with E-state index in [9.17, 15) is 0 Å². The highest BCUT2D eigenvalue weighted by Crippen LogP contribution is 2.15. The molecule has 0 aromatic heterocycles. The summed E-state index contributed by atoms with van der Waals surface area (Å²) in [7, 11) is 11.2. The van der Waals surface area contributed by atoms with Crippen molar-refractivity contribution in [3.63, 3.8) is 0 Å². The summed E-state index contributed by atoms with van der Waals surface area (Å²) in [6.07, 6.45) is 0. The first-order valence-corrected chi connectivity index (χ1v) is 5.20. The van der Waals surface area contributed by atoms with E-state index in [-0.39, 0.29) is 0 Å². The number of hydrogen-bond donors (Lipinski definition) is 0. The van der Waals surface area contributed by atoms with Gasteiger partial charge in [0, 0.05) is 0 Å². The first-order valence-electron chi connectivity index (χ1n) is 5.20. The van der Waals surface area contributed by atoms with Crippen molar-refractivity contribution in [1.82, 2.24) is 19.0 Å². The molecular weight excluding hydrogens is 173 g/mol. The molecule has 0 unspecified atom stereocenters. The molecule has 14 heavy (non-hydrogen) atoms. The lowest BCUT2D eigenvalue weighted by Gasteiger charge is -2.50. The predicted molar refractivity (Wildman–Crippen MR) is 66.0 cm³/mol. The van der Waals surface area contributed by atoms with E-state index in [0.717, 1.165) is 0 Å². The Morgan fingerprint density at radius 1 is 0.786 bits per heavy atom. The highest BCUT2D eigenvalue weighted by molar-refractivity contribution is 6.84. The predicted octanol–water partition coefficient (Wildman–Crippen LogP) is -0.422. The van der Waals surface area contributed by atoms with Crippen LogP contribution in [0.5, 0.6) is 0 Å². The Morgan fingerprint density at radius 2 is 1.14 bits per heavy atom. The fourth-order valence-corrected chi connectivity index (χ4v) is 2.29. The van der Waals surface area contributed by atoms with Crippen LogP contribution in [0.4, 0.5) is 0 Å². The molecule has 1 rings (SSSR count). The van der Waals surface area contributed by atoms with Gasteiger partial charge in [0.15, 0.2) is 0 Å². The maximum Gasteiger partial charge on any atom is 0.381 e. The number of hydrogen-bond acceptors (Lipinski definition) is 4. The SMILES string of the molecule is CB1N(C)B(C)N(C)B(N(C)C)N1C. The zero-order valence-electron chi connectivity index (χ0n) is 10.5. The van der Waals surface area contributed by atoms with Crippen molar-refractivity contribution in [1.29, 1.82) is 0 Å². The molecule has 0 aliphatic carbocycles. The summed E-state index contributed by atoms with van der Waals surface area (Å²) in [6, 6.07) is 0. The first kappa shape index (κ1) is 12.1. The molecule has 1 fully saturated rings. The summed E-state index contributed by atoms with van der Waals surface area (Å²) in [5.74, 6) is 0. The lowest BCUT2D eigenvalue weighted by atomic mass is 9.49. The van der Waals surface area contributed by atoms with Gasteiger partial charge >= 0.3 is 7.12 Å². The van der Waals surface area contributed by atoms with Crippen molar-refractivity contribution in [3.05, 3.63) is 0 Å². The van der Waals surface area contributed by atoms with E-state index < -0.39 is 0 Å². The van der Waals surface area contributed by atoms with Gasteiger partial charge in [0.25, 0.3) is 14.0 Å². The normalized spacial score (nSPS) is 22.7. The van der Waals surface area contributed by atoms with E-state index >= 15 is 0 Å². The van der Waals surface area contributed by atoms with Crippen molar-refractivity contribution in [3.8, 4) is 0 Å². The summed E-state index contributed by atoms with van der Waals surface area (Å²) in [4.78, 5) is 2.25. The standard InChI is InChI=1S/C7H21B3N4/c1-8-12(5)9(2)14(7)10(11(3)4)13(8)6/h1-7H3. The van der Waals surface area contributed by atoms with Crippen LogP contribution in [0.25, 0.3) is 0 Å². The van der Waals surface area contributed by atoms with Gasteiger partial charge in [-0.3, -0.25) is 0 Å². The van der Waals surface area contributed by atoms with Gasteiger partial charge in [-0.2, -0.15) is 0 Å². The third-order valence-corrected chi connectivity index (χ3v) is 3.55. The second-order valence-electron chi connectivity index (χ2n) is 4.57. The van der Waals surface area contributed by atoms with Crippen LogP contribution >= 0.6 is 0 Å². The van der Waals surface area contributed by atoms with Crippen LogP contribution in [-0.4, -0.2) is 75.3 Å². The maximum atomic E-state index is 2.38. The zero-order chi connectivity index (χ0) is 11.0. The van der Waals surface area contributed by atoms with E-state index in [1.165, 1.54) is 0 Å². The van der Waals surface area contributed by atoms with Gasteiger partial charge in [-0.05, 0) is 35.2 Å². The number of rotatable bonds is 1. The van der Waals surface area contributed by atoms with Gasteiger partial charge in [-0.1, -0.05) is 13.6 Å². The van der Waals surface area contributed by atoms with E-state index in [4.69, 9.17) is 0 Å². The van der Waals surface area contributed by atoms with Crippen LogP contribution in [-0.2, 0) is 0 Å². The molecule has 78 valence electrons. The van der Waals surface area contributed by atoms with Crippen molar-refractivity contribution >= 4 is 21.1 Å². The van der Waals surface area contributed by atoms with Crippen LogP contribution in [0.2, 0.25) is 13.6 Å². The summed E-state index contributed by atoms with van der Waals surface area (Å²) in [5, 5.41) is 0. The Labute approximate surface area is 89.6 Å². The van der Waals surface area contributed by atoms with Gasteiger partial charge in [-0.15, -0.1) is 0 Å². The van der Waals surface area contributed by atoms with Crippen molar-refractivity contribution in [2.45, 2.75) is 13.6 Å². The van der Waals surface area contributed by atoms with Gasteiger partial charge in [0.2, 0.25) is 0 Å². The topological polar surface area (TPSA) is 13.0 Å². The molecule has 0 spiro atoms. The molecule has 0 amide bonds. The lowest BCUT2D eigenvalue weighted by Crippen LogP contribution is -2.76. The molecule has 1 aliphatic rings. The monoisotopic (exact) mass is 194 g/mol. The Morgan fingerprint density at radius 3 is 1.43 bits per heavy atom. The summed E-state index contributed by atoms with van der Waals surface area (Å²) in [6.45, 7) is 5.46. The van der Waals surface area contributed by atoms with Crippen LogP contribution < -0.4 is 0 Å². The Hall–Kier alpha value is 0.0348. The van der Waals surface area contributed by atoms with Crippen LogP contribution in [0, 0.1) is 0 Å². The molecule has 1 saturated heterocycles. The molecule has 1 heterocycles. The second kappa shape index (κ2) is 4.27. The van der Waals surface area contributed by atoms with Gasteiger partial charge < -0.3 is 19.0 Å². The average Bonchev–Trinajstić information content (AvgIpc) is 2.11. The largest absolute Gasteiger partial charge is 0.381 e. The fourth-order valence-electron chi connectivity index (χ4n) is 2.29. The average molecular weight is 194 g/mol. The summed E-state index contributed by atoms with van der Waals surface area (Å²) < 4.78 is 7.12.